The van der Waals surface area contributed by atoms with Crippen LogP contribution in [0.4, 0.5) is 39.5 Å². The van der Waals surface area contributed by atoms with Crippen molar-refractivity contribution in [2.75, 3.05) is 0 Å². The zero-order chi connectivity index (χ0) is 21.1. The average Bonchev–Trinajstić information content (AvgIpc) is 3.12. The van der Waals surface area contributed by atoms with Crippen LogP contribution in [0.3, 0.4) is 0 Å². The second kappa shape index (κ2) is 6.67. The van der Waals surface area contributed by atoms with E-state index in [4.69, 9.17) is 0 Å². The summed E-state index contributed by atoms with van der Waals surface area (Å²) < 4.78 is 117. The minimum Gasteiger partial charge on any atom is -0.380 e. The van der Waals surface area contributed by atoms with Crippen molar-refractivity contribution in [1.82, 2.24) is 0 Å². The Kier molecular flexibility index (Phi) is 5.58. The van der Waals surface area contributed by atoms with Gasteiger partial charge >= 0.3 is 18.5 Å². The second-order valence-corrected chi connectivity index (χ2v) is 7.95. The zero-order valence-corrected chi connectivity index (χ0v) is 14.3. The molecule has 0 saturated heterocycles. The van der Waals surface area contributed by atoms with E-state index in [9.17, 15) is 49.7 Å². The van der Waals surface area contributed by atoms with Gasteiger partial charge in [-0.25, -0.2) is 0 Å². The Balaban J connectivity index is 2.11. The Hall–Kier alpha value is -0.710. The van der Waals surface area contributed by atoms with Crippen molar-refractivity contribution >= 4 is 0 Å². The van der Waals surface area contributed by atoms with Crippen LogP contribution >= 0.6 is 0 Å². The van der Waals surface area contributed by atoms with Crippen LogP contribution in [-0.2, 0) is 0 Å². The highest BCUT2D eigenvalue weighted by atomic mass is 19.4. The number of halogens is 9. The zero-order valence-electron chi connectivity index (χ0n) is 14.3. The highest BCUT2D eigenvalue weighted by molar-refractivity contribution is 5.04. The molecule has 5 atom stereocenters. The third-order valence-electron chi connectivity index (χ3n) is 6.44. The molecule has 0 bridgehead atoms. The van der Waals surface area contributed by atoms with E-state index in [0.717, 1.165) is 0 Å². The molecule has 2 aliphatic rings. The van der Waals surface area contributed by atoms with E-state index in [-0.39, 0.29) is 25.7 Å². The van der Waals surface area contributed by atoms with Crippen molar-refractivity contribution in [3.05, 3.63) is 0 Å². The maximum atomic E-state index is 13.0. The molecular formula is C16H21F9O2. The van der Waals surface area contributed by atoms with Crippen LogP contribution in [0, 0.1) is 23.7 Å². The molecule has 0 aliphatic heterocycles. The molecule has 27 heavy (non-hydrogen) atoms. The monoisotopic (exact) mass is 416 g/mol. The maximum absolute atomic E-state index is 13.0. The highest BCUT2D eigenvalue weighted by Gasteiger charge is 2.74. The first-order valence-corrected chi connectivity index (χ1v) is 8.57. The molecule has 2 N–H and O–H groups in total. The normalized spacial score (nSPS) is 33.3. The lowest BCUT2D eigenvalue weighted by Crippen LogP contribution is -2.61. The fraction of sp³-hybridized carbons (Fsp3) is 1.00. The van der Waals surface area contributed by atoms with Crippen molar-refractivity contribution in [3.8, 4) is 0 Å². The van der Waals surface area contributed by atoms with Gasteiger partial charge in [0.25, 0.3) is 5.60 Å². The summed E-state index contributed by atoms with van der Waals surface area (Å²) in [6.07, 6.45) is -17.8. The molecule has 2 aliphatic carbocycles. The fourth-order valence-electron chi connectivity index (χ4n) is 4.63. The van der Waals surface area contributed by atoms with Gasteiger partial charge in [0.05, 0.1) is 0 Å². The molecule has 5 unspecified atom stereocenters. The van der Waals surface area contributed by atoms with Gasteiger partial charge in [0, 0.05) is 5.92 Å². The minimum absolute atomic E-state index is 0.0127. The highest BCUT2D eigenvalue weighted by Crippen LogP contribution is 2.56. The fourth-order valence-corrected chi connectivity index (χ4v) is 4.63. The molecule has 2 nitrogen and oxygen atoms in total. The van der Waals surface area contributed by atoms with Gasteiger partial charge in [-0.2, -0.15) is 39.5 Å². The van der Waals surface area contributed by atoms with E-state index in [1.54, 1.807) is 0 Å². The van der Waals surface area contributed by atoms with E-state index in [1.807, 2.05) is 0 Å². The van der Waals surface area contributed by atoms with Crippen LogP contribution in [0.1, 0.15) is 45.4 Å². The first-order chi connectivity index (χ1) is 11.9. The molecule has 2 fully saturated rings. The average molecular weight is 416 g/mol. The minimum atomic E-state index is -5.90. The molecule has 0 aromatic rings. The molecule has 11 heteroatoms. The van der Waals surface area contributed by atoms with Crippen molar-refractivity contribution in [1.29, 1.82) is 0 Å². The molecule has 160 valence electrons. The summed E-state index contributed by atoms with van der Waals surface area (Å²) in [5.41, 5.74) is -7.79. The topological polar surface area (TPSA) is 40.5 Å². The summed E-state index contributed by atoms with van der Waals surface area (Å²) in [4.78, 5) is 0. The number of rotatable bonds is 3. The number of hydrogen-bond acceptors (Lipinski definition) is 2. The van der Waals surface area contributed by atoms with Crippen LogP contribution < -0.4 is 0 Å². The summed E-state index contributed by atoms with van der Waals surface area (Å²) in [6, 6.07) is 0. The lowest BCUT2D eigenvalue weighted by atomic mass is 9.80. The quantitative estimate of drug-likeness (QED) is 0.637. The van der Waals surface area contributed by atoms with Crippen LogP contribution in [0.5, 0.6) is 0 Å². The summed E-state index contributed by atoms with van der Waals surface area (Å²) in [7, 11) is 0. The largest absolute Gasteiger partial charge is 0.426 e. The Morgan fingerprint density at radius 2 is 0.963 bits per heavy atom. The molecular weight excluding hydrogens is 395 g/mol. The van der Waals surface area contributed by atoms with Crippen LogP contribution in [0.15, 0.2) is 0 Å². The van der Waals surface area contributed by atoms with Gasteiger partial charge in [-0.3, -0.25) is 0 Å². The maximum Gasteiger partial charge on any atom is 0.426 e. The van der Waals surface area contributed by atoms with E-state index in [2.05, 4.69) is 0 Å². The summed E-state index contributed by atoms with van der Waals surface area (Å²) >= 11 is 0. The number of alkyl halides is 9. The molecule has 0 aromatic heterocycles. The Morgan fingerprint density at radius 1 is 0.593 bits per heavy atom. The van der Waals surface area contributed by atoms with Gasteiger partial charge in [0.1, 0.15) is 0 Å². The molecule has 2 rings (SSSR count). The molecule has 0 amide bonds. The Labute approximate surface area is 149 Å². The summed E-state index contributed by atoms with van der Waals surface area (Å²) in [6.45, 7) is 0.629. The predicted octanol–water partition coefficient (Wildman–Crippen LogP) is 4.99. The SMILES string of the molecule is CC(O)(C1CCC(C2CCC(C(O)(C(F)(F)F)C(F)(F)F)C2)C1)C(F)(F)F. The Morgan fingerprint density at radius 3 is 1.33 bits per heavy atom. The summed E-state index contributed by atoms with van der Waals surface area (Å²) in [5, 5.41) is 19.2. The first kappa shape index (κ1) is 22.6. The van der Waals surface area contributed by atoms with Crippen molar-refractivity contribution < 1.29 is 49.7 Å². The van der Waals surface area contributed by atoms with Gasteiger partial charge in [-0.15, -0.1) is 0 Å². The number of aliphatic hydroxyl groups is 2. The van der Waals surface area contributed by atoms with Crippen LogP contribution in [0.25, 0.3) is 0 Å². The van der Waals surface area contributed by atoms with Gasteiger partial charge in [0.2, 0.25) is 0 Å². The molecule has 0 radical (unpaired) electrons. The third-order valence-corrected chi connectivity index (χ3v) is 6.44. The Bertz CT molecular complexity index is 521. The molecule has 2 saturated carbocycles. The lowest BCUT2D eigenvalue weighted by molar-refractivity contribution is -0.384. The van der Waals surface area contributed by atoms with Crippen molar-refractivity contribution in [2.45, 2.75) is 75.2 Å². The summed E-state index contributed by atoms with van der Waals surface area (Å²) in [5.74, 6) is -4.42. The van der Waals surface area contributed by atoms with Crippen molar-refractivity contribution in [3.63, 3.8) is 0 Å². The van der Waals surface area contributed by atoms with E-state index < -0.39 is 66.2 Å². The molecule has 0 heterocycles. The first-order valence-electron chi connectivity index (χ1n) is 8.57. The second-order valence-electron chi connectivity index (χ2n) is 7.95. The van der Waals surface area contributed by atoms with Gasteiger partial charge in [-0.1, -0.05) is 0 Å². The van der Waals surface area contributed by atoms with Crippen molar-refractivity contribution in [2.24, 2.45) is 23.7 Å². The molecule has 0 aromatic carbocycles. The number of hydrogen-bond donors (Lipinski definition) is 2. The van der Waals surface area contributed by atoms with E-state index in [0.29, 0.717) is 6.92 Å². The van der Waals surface area contributed by atoms with E-state index in [1.165, 1.54) is 0 Å². The third kappa shape index (κ3) is 3.77. The molecule has 0 spiro atoms. The standard InChI is InChI=1S/C16H21F9O2/c1-12(26,14(17,18)19)10-4-2-8(6-10)9-3-5-11(7-9)13(27,15(20,21)22)16(23,24)25/h8-11,26-27H,2-7H2,1H3. The van der Waals surface area contributed by atoms with Crippen LogP contribution in [0.2, 0.25) is 0 Å². The van der Waals surface area contributed by atoms with Gasteiger partial charge in [0.15, 0.2) is 5.60 Å². The van der Waals surface area contributed by atoms with E-state index >= 15 is 0 Å². The predicted molar refractivity (Wildman–Crippen MR) is 75.4 cm³/mol. The van der Waals surface area contributed by atoms with Gasteiger partial charge < -0.3 is 10.2 Å². The van der Waals surface area contributed by atoms with Gasteiger partial charge in [-0.05, 0) is 63.2 Å². The smallest absolute Gasteiger partial charge is 0.380 e. The van der Waals surface area contributed by atoms with Crippen LogP contribution in [-0.4, -0.2) is 39.9 Å². The lowest BCUT2D eigenvalue weighted by Gasteiger charge is -2.37.